The zero-order chi connectivity index (χ0) is 17.5. The van der Waals surface area contributed by atoms with E-state index in [0.717, 1.165) is 22.9 Å². The fourth-order valence-electron chi connectivity index (χ4n) is 2.10. The lowest BCUT2D eigenvalue weighted by molar-refractivity contribution is -0.119. The van der Waals surface area contributed by atoms with E-state index in [-0.39, 0.29) is 12.5 Å². The molecule has 0 unspecified atom stereocenters. The van der Waals surface area contributed by atoms with Gasteiger partial charge in [-0.05, 0) is 30.0 Å². The molecule has 1 aromatic carbocycles. The van der Waals surface area contributed by atoms with E-state index in [9.17, 15) is 4.79 Å². The molecule has 2 rings (SSSR count). The Hall–Kier alpha value is -1.66. The first-order valence-corrected chi connectivity index (χ1v) is 9.14. The second-order valence-electron chi connectivity index (χ2n) is 6.18. The molecule has 0 radical (unpaired) electrons. The van der Waals surface area contributed by atoms with Crippen LogP contribution < -0.4 is 10.2 Å². The van der Waals surface area contributed by atoms with Gasteiger partial charge in [0.25, 0.3) is 0 Å². The van der Waals surface area contributed by atoms with E-state index in [4.69, 9.17) is 11.6 Å². The minimum Gasteiger partial charge on any atom is -0.355 e. The lowest BCUT2D eigenvalue weighted by Gasteiger charge is -2.15. The lowest BCUT2D eigenvalue weighted by Crippen LogP contribution is -2.35. The standard InChI is InChI=1S/C17H23ClN4OS/c1-12(2)8-9-19-16(23)11-22(3)17-20-15(21-24-17)10-13-4-6-14(18)7-5-13/h4-7,12H,8-11H2,1-3H3,(H,19,23). The van der Waals surface area contributed by atoms with Crippen LogP contribution in [0, 0.1) is 5.92 Å². The molecule has 0 aliphatic heterocycles. The number of benzene rings is 1. The van der Waals surface area contributed by atoms with Crippen molar-refractivity contribution in [1.82, 2.24) is 14.7 Å². The third-order valence-corrected chi connectivity index (χ3v) is 4.60. The molecule has 130 valence electrons. The quantitative estimate of drug-likeness (QED) is 0.778. The second kappa shape index (κ2) is 8.99. The molecule has 0 fully saturated rings. The molecule has 0 spiro atoms. The first kappa shape index (κ1) is 18.7. The fraction of sp³-hybridized carbons (Fsp3) is 0.471. The molecule has 1 heterocycles. The van der Waals surface area contributed by atoms with Gasteiger partial charge in [-0.3, -0.25) is 4.79 Å². The third-order valence-electron chi connectivity index (χ3n) is 3.48. The van der Waals surface area contributed by atoms with Crippen molar-refractivity contribution in [3.05, 3.63) is 40.7 Å². The Morgan fingerprint density at radius 3 is 2.71 bits per heavy atom. The van der Waals surface area contributed by atoms with E-state index in [0.29, 0.717) is 23.9 Å². The lowest BCUT2D eigenvalue weighted by atomic mass is 10.1. The van der Waals surface area contributed by atoms with Gasteiger partial charge >= 0.3 is 0 Å². The first-order chi connectivity index (χ1) is 11.4. The van der Waals surface area contributed by atoms with Gasteiger partial charge in [-0.2, -0.15) is 4.37 Å². The first-order valence-electron chi connectivity index (χ1n) is 7.99. The topological polar surface area (TPSA) is 58.1 Å². The molecule has 1 N–H and O–H groups in total. The van der Waals surface area contributed by atoms with Gasteiger partial charge in [-0.25, -0.2) is 4.98 Å². The highest BCUT2D eigenvalue weighted by Gasteiger charge is 2.12. The van der Waals surface area contributed by atoms with Crippen LogP contribution in [0.3, 0.4) is 0 Å². The maximum atomic E-state index is 11.9. The van der Waals surface area contributed by atoms with E-state index in [2.05, 4.69) is 28.5 Å². The normalized spacial score (nSPS) is 10.9. The average molecular weight is 367 g/mol. The van der Waals surface area contributed by atoms with Gasteiger partial charge < -0.3 is 10.2 Å². The van der Waals surface area contributed by atoms with E-state index >= 15 is 0 Å². The highest BCUT2D eigenvalue weighted by atomic mass is 35.5. The molecule has 0 aliphatic carbocycles. The summed E-state index contributed by atoms with van der Waals surface area (Å²) in [6.07, 6.45) is 1.64. The maximum absolute atomic E-state index is 11.9. The molecule has 5 nitrogen and oxygen atoms in total. The highest BCUT2D eigenvalue weighted by Crippen LogP contribution is 2.18. The smallest absolute Gasteiger partial charge is 0.239 e. The van der Waals surface area contributed by atoms with Gasteiger partial charge in [0.15, 0.2) is 0 Å². The number of anilines is 1. The largest absolute Gasteiger partial charge is 0.355 e. The van der Waals surface area contributed by atoms with Gasteiger partial charge in [0.05, 0.1) is 6.54 Å². The Balaban J connectivity index is 1.85. The van der Waals surface area contributed by atoms with Gasteiger partial charge in [-0.1, -0.05) is 37.6 Å². The molecule has 0 saturated carbocycles. The van der Waals surface area contributed by atoms with Crippen LogP contribution in [-0.4, -0.2) is 35.4 Å². The van der Waals surface area contributed by atoms with Crippen molar-refractivity contribution in [3.8, 4) is 0 Å². The van der Waals surface area contributed by atoms with E-state index < -0.39 is 0 Å². The van der Waals surface area contributed by atoms with Crippen LogP contribution in [0.25, 0.3) is 0 Å². The van der Waals surface area contributed by atoms with Crippen molar-refractivity contribution in [2.75, 3.05) is 25.0 Å². The number of hydrogen-bond acceptors (Lipinski definition) is 5. The maximum Gasteiger partial charge on any atom is 0.239 e. The Kier molecular flexibility index (Phi) is 6.99. The van der Waals surface area contributed by atoms with E-state index in [1.807, 2.05) is 36.2 Å². The summed E-state index contributed by atoms with van der Waals surface area (Å²) >= 11 is 7.20. The number of rotatable bonds is 8. The van der Waals surface area contributed by atoms with Crippen molar-refractivity contribution in [2.45, 2.75) is 26.7 Å². The Labute approximate surface area is 152 Å². The summed E-state index contributed by atoms with van der Waals surface area (Å²) in [7, 11) is 1.86. The zero-order valence-corrected chi connectivity index (χ0v) is 15.8. The predicted octanol–water partition coefficient (Wildman–Crippen LogP) is 3.38. The molecular weight excluding hydrogens is 344 g/mol. The molecular formula is C17H23ClN4OS. The fourth-order valence-corrected chi connectivity index (χ4v) is 2.86. The molecule has 1 aromatic heterocycles. The Bertz CT molecular complexity index is 657. The number of likely N-dealkylation sites (N-methyl/N-ethyl adjacent to an activating group) is 1. The Morgan fingerprint density at radius 1 is 1.33 bits per heavy atom. The van der Waals surface area contributed by atoms with Crippen molar-refractivity contribution in [3.63, 3.8) is 0 Å². The van der Waals surface area contributed by atoms with Gasteiger partial charge in [0, 0.05) is 36.6 Å². The Morgan fingerprint density at radius 2 is 2.04 bits per heavy atom. The van der Waals surface area contributed by atoms with Crippen LogP contribution in [0.4, 0.5) is 5.13 Å². The summed E-state index contributed by atoms with van der Waals surface area (Å²) in [5.74, 6) is 1.35. The van der Waals surface area contributed by atoms with Crippen molar-refractivity contribution in [2.24, 2.45) is 5.92 Å². The molecule has 0 aliphatic rings. The molecule has 0 atom stereocenters. The van der Waals surface area contributed by atoms with Gasteiger partial charge in [0.1, 0.15) is 5.82 Å². The number of nitrogens with zero attached hydrogens (tertiary/aromatic N) is 3. The van der Waals surface area contributed by atoms with Crippen LogP contribution in [0.1, 0.15) is 31.7 Å². The summed E-state index contributed by atoms with van der Waals surface area (Å²) in [6, 6.07) is 7.65. The van der Waals surface area contributed by atoms with Crippen LogP contribution in [-0.2, 0) is 11.2 Å². The summed E-state index contributed by atoms with van der Waals surface area (Å²) in [5.41, 5.74) is 1.11. The molecule has 7 heteroatoms. The van der Waals surface area contributed by atoms with Crippen molar-refractivity contribution in [1.29, 1.82) is 0 Å². The number of carbonyl (C=O) groups excluding carboxylic acids is 1. The molecule has 2 aromatic rings. The minimum absolute atomic E-state index is 0.00704. The SMILES string of the molecule is CC(C)CCNC(=O)CN(C)c1nc(Cc2ccc(Cl)cc2)ns1. The summed E-state index contributed by atoms with van der Waals surface area (Å²) in [4.78, 5) is 18.3. The molecule has 1 amide bonds. The van der Waals surface area contributed by atoms with Crippen molar-refractivity contribution >= 4 is 34.2 Å². The summed E-state index contributed by atoms with van der Waals surface area (Å²) < 4.78 is 4.37. The van der Waals surface area contributed by atoms with Crippen LogP contribution in [0.15, 0.2) is 24.3 Å². The molecule has 0 bridgehead atoms. The highest BCUT2D eigenvalue weighted by molar-refractivity contribution is 7.09. The average Bonchev–Trinajstić information content (AvgIpc) is 2.98. The number of halogens is 1. The second-order valence-corrected chi connectivity index (χ2v) is 7.35. The summed E-state index contributed by atoms with van der Waals surface area (Å²) in [6.45, 7) is 5.28. The van der Waals surface area contributed by atoms with Crippen LogP contribution >= 0.6 is 23.1 Å². The van der Waals surface area contributed by atoms with Gasteiger partial charge in [-0.15, -0.1) is 0 Å². The summed E-state index contributed by atoms with van der Waals surface area (Å²) in [5, 5.41) is 4.39. The number of carbonyl (C=O) groups is 1. The monoisotopic (exact) mass is 366 g/mol. The van der Waals surface area contributed by atoms with E-state index in [1.165, 1.54) is 11.5 Å². The number of aromatic nitrogens is 2. The number of hydrogen-bond donors (Lipinski definition) is 1. The molecule has 0 saturated heterocycles. The minimum atomic E-state index is 0.00704. The van der Waals surface area contributed by atoms with Crippen molar-refractivity contribution < 1.29 is 4.79 Å². The number of amides is 1. The predicted molar refractivity (Wildman–Crippen MR) is 99.9 cm³/mol. The number of nitrogens with one attached hydrogen (secondary N) is 1. The zero-order valence-electron chi connectivity index (χ0n) is 14.3. The van der Waals surface area contributed by atoms with Gasteiger partial charge in [0.2, 0.25) is 11.0 Å². The van der Waals surface area contributed by atoms with E-state index in [1.54, 1.807) is 0 Å². The van der Waals surface area contributed by atoms with Crippen LogP contribution in [0.5, 0.6) is 0 Å². The molecule has 24 heavy (non-hydrogen) atoms. The third kappa shape index (κ3) is 6.09. The van der Waals surface area contributed by atoms with Crippen LogP contribution in [0.2, 0.25) is 5.02 Å².